The third-order valence-electron chi connectivity index (χ3n) is 3.76. The number of rotatable bonds is 10. The fourth-order valence-electron chi connectivity index (χ4n) is 2.49. The number of halogens is 1. The lowest BCUT2D eigenvalue weighted by Crippen LogP contribution is -2.48. The van der Waals surface area contributed by atoms with Crippen molar-refractivity contribution in [1.82, 2.24) is 15.5 Å². The Morgan fingerprint density at radius 3 is 2.60 bits per heavy atom. The Balaban J connectivity index is 0.00000576. The molecule has 0 amide bonds. The summed E-state index contributed by atoms with van der Waals surface area (Å²) in [6.45, 7) is 10.9. The molecule has 7 nitrogen and oxygen atoms in total. The molecule has 1 aliphatic heterocycles. The lowest BCUT2D eigenvalue weighted by Gasteiger charge is -2.32. The first-order valence-corrected chi connectivity index (χ1v) is 10.6. The lowest BCUT2D eigenvalue weighted by atomic mass is 10.1. The second-order valence-corrected chi connectivity index (χ2v) is 8.27. The van der Waals surface area contributed by atoms with Crippen LogP contribution in [0.4, 0.5) is 0 Å². The highest BCUT2D eigenvalue weighted by atomic mass is 127. The standard InChI is InChI=1S/C16H32N4O3S.HI/c1-4-9-20-10-6-15(7-11-20)19-16(17-5-2)18-8-12-23-13-14-24(3,21)22;/h4,15H,1,5-14H2,2-3H3,(H2,17,18,19);1H. The molecule has 9 heteroatoms. The van der Waals surface area contributed by atoms with Gasteiger partial charge >= 0.3 is 0 Å². The highest BCUT2D eigenvalue weighted by Gasteiger charge is 2.18. The van der Waals surface area contributed by atoms with E-state index in [2.05, 4.69) is 27.1 Å². The van der Waals surface area contributed by atoms with Crippen LogP contribution in [0.15, 0.2) is 17.6 Å². The van der Waals surface area contributed by atoms with Crippen molar-refractivity contribution in [2.24, 2.45) is 4.99 Å². The number of piperidine rings is 1. The second-order valence-electron chi connectivity index (χ2n) is 6.01. The second kappa shape index (κ2) is 13.8. The molecule has 1 aliphatic rings. The molecule has 0 aromatic rings. The summed E-state index contributed by atoms with van der Waals surface area (Å²) in [5.74, 6) is 0.851. The van der Waals surface area contributed by atoms with E-state index in [0.717, 1.165) is 45.0 Å². The average Bonchev–Trinajstić information content (AvgIpc) is 2.52. The van der Waals surface area contributed by atoms with E-state index in [9.17, 15) is 8.42 Å². The minimum atomic E-state index is -2.96. The summed E-state index contributed by atoms with van der Waals surface area (Å²) in [5, 5.41) is 6.71. The van der Waals surface area contributed by atoms with E-state index in [-0.39, 0.29) is 36.3 Å². The van der Waals surface area contributed by atoms with Crippen molar-refractivity contribution in [2.75, 3.05) is 57.9 Å². The largest absolute Gasteiger partial charge is 0.378 e. The van der Waals surface area contributed by atoms with Crippen molar-refractivity contribution in [3.63, 3.8) is 0 Å². The molecule has 148 valence electrons. The lowest BCUT2D eigenvalue weighted by molar-refractivity contribution is 0.157. The number of hydrogen-bond donors (Lipinski definition) is 2. The molecule has 0 bridgehead atoms. The molecule has 0 aromatic carbocycles. The number of nitrogens with zero attached hydrogens (tertiary/aromatic N) is 2. The number of likely N-dealkylation sites (tertiary alicyclic amines) is 1. The van der Waals surface area contributed by atoms with Crippen LogP contribution < -0.4 is 10.6 Å². The molecule has 0 unspecified atom stereocenters. The Morgan fingerprint density at radius 2 is 2.04 bits per heavy atom. The van der Waals surface area contributed by atoms with Gasteiger partial charge in [-0.25, -0.2) is 8.42 Å². The molecule has 1 rings (SSSR count). The monoisotopic (exact) mass is 488 g/mol. The topological polar surface area (TPSA) is 83.0 Å². The van der Waals surface area contributed by atoms with Crippen molar-refractivity contribution in [1.29, 1.82) is 0 Å². The molecule has 0 radical (unpaired) electrons. The first kappa shape index (κ1) is 24.6. The molecule has 0 saturated carbocycles. The van der Waals surface area contributed by atoms with Crippen LogP contribution in [0.5, 0.6) is 0 Å². The van der Waals surface area contributed by atoms with Crippen LogP contribution >= 0.6 is 24.0 Å². The van der Waals surface area contributed by atoms with Gasteiger partial charge < -0.3 is 15.4 Å². The van der Waals surface area contributed by atoms with Crippen molar-refractivity contribution in [2.45, 2.75) is 25.8 Å². The number of aliphatic imine (C=N–C) groups is 1. The number of nitrogens with one attached hydrogen (secondary N) is 2. The van der Waals surface area contributed by atoms with Crippen LogP contribution in [0.25, 0.3) is 0 Å². The van der Waals surface area contributed by atoms with Crippen LogP contribution in [0.1, 0.15) is 19.8 Å². The molecule has 1 fully saturated rings. The number of guanidine groups is 1. The Bertz CT molecular complexity index is 492. The van der Waals surface area contributed by atoms with Gasteiger partial charge in [0.1, 0.15) is 9.84 Å². The average molecular weight is 488 g/mol. The van der Waals surface area contributed by atoms with Crippen LogP contribution in [-0.2, 0) is 14.6 Å². The highest BCUT2D eigenvalue weighted by molar-refractivity contribution is 14.0. The van der Waals surface area contributed by atoms with E-state index in [1.807, 2.05) is 13.0 Å². The first-order chi connectivity index (χ1) is 11.4. The summed E-state index contributed by atoms with van der Waals surface area (Å²) in [6.07, 6.45) is 5.33. The zero-order valence-corrected chi connectivity index (χ0v) is 18.5. The summed E-state index contributed by atoms with van der Waals surface area (Å²) in [6, 6.07) is 0.426. The van der Waals surface area contributed by atoms with E-state index in [1.165, 1.54) is 6.26 Å². The minimum Gasteiger partial charge on any atom is -0.378 e. The van der Waals surface area contributed by atoms with Gasteiger partial charge in [-0.1, -0.05) is 6.08 Å². The molecular weight excluding hydrogens is 455 g/mol. The van der Waals surface area contributed by atoms with Gasteiger partial charge in [0.05, 0.1) is 25.5 Å². The third kappa shape index (κ3) is 12.6. The fourth-order valence-corrected chi connectivity index (χ4v) is 2.91. The Morgan fingerprint density at radius 1 is 1.36 bits per heavy atom. The van der Waals surface area contributed by atoms with Gasteiger partial charge in [0, 0.05) is 38.5 Å². The van der Waals surface area contributed by atoms with Crippen LogP contribution in [-0.4, -0.2) is 83.3 Å². The number of hydrogen-bond acceptors (Lipinski definition) is 5. The normalized spacial score (nSPS) is 17.0. The van der Waals surface area contributed by atoms with E-state index in [4.69, 9.17) is 4.74 Å². The minimum absolute atomic E-state index is 0. The maximum absolute atomic E-state index is 11.0. The first-order valence-electron chi connectivity index (χ1n) is 8.58. The molecule has 25 heavy (non-hydrogen) atoms. The summed E-state index contributed by atoms with van der Waals surface area (Å²) >= 11 is 0. The van der Waals surface area contributed by atoms with Gasteiger partial charge in [0.15, 0.2) is 5.96 Å². The quantitative estimate of drug-likeness (QED) is 0.156. The van der Waals surface area contributed by atoms with Crippen molar-refractivity contribution >= 4 is 39.8 Å². The smallest absolute Gasteiger partial charge is 0.191 e. The molecule has 0 aromatic heterocycles. The number of sulfone groups is 1. The highest BCUT2D eigenvalue weighted by Crippen LogP contribution is 2.09. The van der Waals surface area contributed by atoms with Crippen LogP contribution in [0.3, 0.4) is 0 Å². The molecule has 0 aliphatic carbocycles. The third-order valence-corrected chi connectivity index (χ3v) is 4.67. The summed E-state index contributed by atoms with van der Waals surface area (Å²) in [5.41, 5.74) is 0. The molecule has 1 heterocycles. The Labute approximate surface area is 169 Å². The van der Waals surface area contributed by atoms with Gasteiger partial charge in [-0.2, -0.15) is 0 Å². The summed E-state index contributed by atoms with van der Waals surface area (Å²) in [4.78, 5) is 6.88. The molecule has 0 spiro atoms. The van der Waals surface area contributed by atoms with E-state index in [1.54, 1.807) is 0 Å². The van der Waals surface area contributed by atoms with Crippen molar-refractivity contribution in [3.8, 4) is 0 Å². The molecular formula is C16H33IN4O3S. The Kier molecular flexibility index (Phi) is 13.6. The van der Waals surface area contributed by atoms with E-state index < -0.39 is 9.84 Å². The zero-order valence-electron chi connectivity index (χ0n) is 15.4. The van der Waals surface area contributed by atoms with Crippen LogP contribution in [0, 0.1) is 0 Å². The molecule has 0 atom stereocenters. The van der Waals surface area contributed by atoms with Crippen molar-refractivity contribution in [3.05, 3.63) is 12.7 Å². The SMILES string of the molecule is C=CCN1CCC(NC(=NCCOCCS(C)(=O)=O)NCC)CC1.I. The van der Waals surface area contributed by atoms with Gasteiger partial charge in [-0.05, 0) is 19.8 Å². The molecule has 2 N–H and O–H groups in total. The van der Waals surface area contributed by atoms with Gasteiger partial charge in [-0.15, -0.1) is 30.6 Å². The number of ether oxygens (including phenoxy) is 1. The molecule has 1 saturated heterocycles. The maximum Gasteiger partial charge on any atom is 0.191 e. The van der Waals surface area contributed by atoms with Gasteiger partial charge in [0.25, 0.3) is 0 Å². The predicted octanol–water partition coefficient (Wildman–Crippen LogP) is 0.871. The van der Waals surface area contributed by atoms with E-state index in [0.29, 0.717) is 19.2 Å². The van der Waals surface area contributed by atoms with Gasteiger partial charge in [0.2, 0.25) is 0 Å². The maximum atomic E-state index is 11.0. The summed E-state index contributed by atoms with van der Waals surface area (Å²) in [7, 11) is -2.96. The van der Waals surface area contributed by atoms with E-state index >= 15 is 0 Å². The predicted molar refractivity (Wildman–Crippen MR) is 115 cm³/mol. The summed E-state index contributed by atoms with van der Waals surface area (Å²) < 4.78 is 27.3. The van der Waals surface area contributed by atoms with Gasteiger partial charge in [-0.3, -0.25) is 9.89 Å². The Hall–Kier alpha value is -0.390. The van der Waals surface area contributed by atoms with Crippen molar-refractivity contribution < 1.29 is 13.2 Å². The fraction of sp³-hybridized carbons (Fsp3) is 0.812. The zero-order chi connectivity index (χ0) is 17.8. The van der Waals surface area contributed by atoms with Crippen LogP contribution in [0.2, 0.25) is 0 Å².